The molecule has 0 aromatic rings. The molecule has 0 amide bonds. The van der Waals surface area contributed by atoms with E-state index < -0.39 is 59.4 Å². The second kappa shape index (κ2) is 8.33. The molecule has 14 heteroatoms. The van der Waals surface area contributed by atoms with Gasteiger partial charge in [0, 0.05) is 0 Å². The molecule has 4 aliphatic rings. The van der Waals surface area contributed by atoms with Crippen LogP contribution in [0.1, 0.15) is 59.3 Å². The second-order valence-electron chi connectivity index (χ2n) is 11.1. The third-order valence-corrected chi connectivity index (χ3v) is 8.20. The van der Waals surface area contributed by atoms with Gasteiger partial charge in [0.1, 0.15) is 5.60 Å². The third-order valence-electron chi connectivity index (χ3n) is 8.20. The molecule has 4 fully saturated rings. The number of hydrogen-bond donors (Lipinski definition) is 1. The zero-order valence-electron chi connectivity index (χ0n) is 19.6. The van der Waals surface area contributed by atoms with E-state index in [2.05, 4.69) is 0 Å². The molecule has 1 unspecified atom stereocenters. The lowest BCUT2D eigenvalue weighted by Gasteiger charge is -2.62. The minimum absolute atomic E-state index is 0.231. The van der Waals surface area contributed by atoms with Crippen LogP contribution in [0.4, 0.5) is 48.3 Å². The van der Waals surface area contributed by atoms with Crippen LogP contribution in [0.3, 0.4) is 0 Å². The lowest BCUT2D eigenvalue weighted by atomic mass is 9.47. The van der Waals surface area contributed by atoms with E-state index in [9.17, 15) is 58.2 Å². The van der Waals surface area contributed by atoms with Gasteiger partial charge in [-0.15, -0.1) is 0 Å². The molecule has 0 heterocycles. The predicted molar refractivity (Wildman–Crippen MR) is 102 cm³/mol. The first-order chi connectivity index (χ1) is 15.9. The molecule has 0 aromatic heterocycles. The van der Waals surface area contributed by atoms with Crippen molar-refractivity contribution in [1.29, 1.82) is 0 Å². The molecule has 0 aromatic carbocycles. The van der Waals surface area contributed by atoms with Crippen molar-refractivity contribution in [2.24, 2.45) is 29.6 Å². The maximum absolute atomic E-state index is 14.3. The maximum Gasteiger partial charge on any atom is 0.460 e. The normalized spacial score (nSPS) is 33.1. The molecule has 1 N–H and O–H groups in total. The van der Waals surface area contributed by atoms with Gasteiger partial charge in [0.2, 0.25) is 0 Å². The van der Waals surface area contributed by atoms with Crippen LogP contribution in [0.25, 0.3) is 0 Å². The van der Waals surface area contributed by atoms with Crippen molar-refractivity contribution >= 4 is 5.97 Å². The Morgan fingerprint density at radius 2 is 1.22 bits per heavy atom. The molecular weight excluding hydrogens is 521 g/mol. The fraction of sp³-hybridized carbons (Fsp3) is 0.955. The first-order valence-corrected chi connectivity index (χ1v) is 11.5. The fourth-order valence-corrected chi connectivity index (χ4v) is 6.64. The van der Waals surface area contributed by atoms with Crippen LogP contribution in [0, 0.1) is 29.6 Å². The number of halogens is 11. The number of carbonyl (C=O) groups excluding carboxylic acids is 1. The lowest BCUT2D eigenvalue weighted by molar-refractivity contribution is -0.424. The molecule has 0 aliphatic heterocycles. The molecule has 0 saturated heterocycles. The Labute approximate surface area is 199 Å². The summed E-state index contributed by atoms with van der Waals surface area (Å²) in [4.78, 5) is 12.8. The maximum atomic E-state index is 14.3. The molecule has 3 nitrogen and oxygen atoms in total. The Morgan fingerprint density at radius 3 is 1.58 bits per heavy atom. The highest BCUT2D eigenvalue weighted by Gasteiger charge is 2.87. The van der Waals surface area contributed by atoms with Crippen LogP contribution in [0.15, 0.2) is 0 Å². The SMILES string of the molecule is CC(C)C1(OC(=O)C(C)(O)CC(F)(F)C(F)(F)C(F)(F)C(F)(F)C(F)(F)F)C2CC3CC(C2)CC1C3. The number of rotatable bonds is 8. The Balaban J connectivity index is 1.87. The van der Waals surface area contributed by atoms with E-state index in [1.807, 2.05) is 0 Å². The molecule has 4 rings (SSSR count). The molecule has 210 valence electrons. The summed E-state index contributed by atoms with van der Waals surface area (Å²) in [6.07, 6.45) is -6.67. The van der Waals surface area contributed by atoms with Gasteiger partial charge in [-0.1, -0.05) is 13.8 Å². The van der Waals surface area contributed by atoms with E-state index in [1.54, 1.807) is 13.8 Å². The minimum Gasteiger partial charge on any atom is -0.456 e. The van der Waals surface area contributed by atoms with Gasteiger partial charge in [-0.2, -0.15) is 48.3 Å². The number of hydrogen-bond acceptors (Lipinski definition) is 3. The van der Waals surface area contributed by atoms with Crippen molar-refractivity contribution in [2.75, 3.05) is 0 Å². The zero-order valence-corrected chi connectivity index (χ0v) is 19.6. The van der Waals surface area contributed by atoms with E-state index in [0.717, 1.165) is 6.42 Å². The first kappa shape index (κ1) is 29.2. The number of ether oxygens (including phenoxy) is 1. The number of esters is 1. The molecule has 4 aliphatic carbocycles. The lowest BCUT2D eigenvalue weighted by Crippen LogP contribution is -2.68. The van der Waals surface area contributed by atoms with Crippen molar-refractivity contribution in [3.05, 3.63) is 0 Å². The van der Waals surface area contributed by atoms with Crippen LogP contribution in [-0.4, -0.2) is 52.1 Å². The topological polar surface area (TPSA) is 46.5 Å². The number of alkyl halides is 11. The number of carbonyl (C=O) groups is 1. The van der Waals surface area contributed by atoms with Gasteiger partial charge < -0.3 is 9.84 Å². The van der Waals surface area contributed by atoms with E-state index in [0.29, 0.717) is 37.5 Å². The largest absolute Gasteiger partial charge is 0.460 e. The van der Waals surface area contributed by atoms with Crippen molar-refractivity contribution in [2.45, 2.75) is 100 Å². The van der Waals surface area contributed by atoms with Gasteiger partial charge in [0.25, 0.3) is 0 Å². The highest BCUT2D eigenvalue weighted by Crippen LogP contribution is 2.62. The van der Waals surface area contributed by atoms with Crippen molar-refractivity contribution in [3.8, 4) is 0 Å². The van der Waals surface area contributed by atoms with E-state index in [-0.39, 0.29) is 18.8 Å². The van der Waals surface area contributed by atoms with Crippen molar-refractivity contribution < 1.29 is 62.9 Å². The van der Waals surface area contributed by atoms with Crippen molar-refractivity contribution in [1.82, 2.24) is 0 Å². The summed E-state index contributed by atoms with van der Waals surface area (Å²) in [6, 6.07) is 0. The fourth-order valence-electron chi connectivity index (χ4n) is 6.64. The Morgan fingerprint density at radius 1 is 0.806 bits per heavy atom. The van der Waals surface area contributed by atoms with Crippen LogP contribution >= 0.6 is 0 Å². The van der Waals surface area contributed by atoms with Crippen molar-refractivity contribution in [3.63, 3.8) is 0 Å². The summed E-state index contributed by atoms with van der Waals surface area (Å²) in [7, 11) is 0. The van der Waals surface area contributed by atoms with Gasteiger partial charge >= 0.3 is 35.8 Å². The van der Waals surface area contributed by atoms with E-state index in [1.165, 1.54) is 0 Å². The molecule has 36 heavy (non-hydrogen) atoms. The summed E-state index contributed by atoms with van der Waals surface area (Å²) < 4.78 is 152. The molecule has 1 atom stereocenters. The molecule has 4 bridgehead atoms. The van der Waals surface area contributed by atoms with Gasteiger partial charge in [-0.05, 0) is 68.6 Å². The summed E-state index contributed by atoms with van der Waals surface area (Å²) in [6.45, 7) is 3.59. The highest BCUT2D eigenvalue weighted by atomic mass is 19.4. The van der Waals surface area contributed by atoms with Gasteiger partial charge in [0.05, 0.1) is 6.42 Å². The summed E-state index contributed by atoms with van der Waals surface area (Å²) in [5.74, 6) is -30.9. The monoisotopic (exact) mass is 548 g/mol. The smallest absolute Gasteiger partial charge is 0.456 e. The Bertz CT molecular complexity index is 836. The average Bonchev–Trinajstić information content (AvgIpc) is 2.67. The predicted octanol–water partition coefficient (Wildman–Crippen LogP) is 6.63. The van der Waals surface area contributed by atoms with Crippen LogP contribution in [-0.2, 0) is 9.53 Å². The van der Waals surface area contributed by atoms with Gasteiger partial charge in [-0.25, -0.2) is 4.79 Å². The quantitative estimate of drug-likeness (QED) is 0.274. The van der Waals surface area contributed by atoms with Gasteiger partial charge in [-0.3, -0.25) is 0 Å². The van der Waals surface area contributed by atoms with Crippen LogP contribution < -0.4 is 0 Å². The van der Waals surface area contributed by atoms with E-state index >= 15 is 0 Å². The van der Waals surface area contributed by atoms with Crippen LogP contribution in [0.5, 0.6) is 0 Å². The zero-order chi connectivity index (χ0) is 27.9. The Kier molecular flexibility index (Phi) is 6.76. The third kappa shape index (κ3) is 4.07. The van der Waals surface area contributed by atoms with E-state index in [4.69, 9.17) is 4.74 Å². The average molecular weight is 548 g/mol. The minimum atomic E-state index is -7.61. The number of aliphatic hydroxyl groups is 1. The molecule has 0 radical (unpaired) electrons. The Hall–Kier alpha value is -1.34. The molecular formula is C22H27F11O3. The standard InChI is InChI=1S/C22H27F11O3/c1-10(2)18(13-5-11-4-12(7-13)8-14(18)6-11)36-15(34)16(3,35)9-17(23,24)19(25,26)20(27,28)21(29,30)22(31,32)33/h10-14,35H,4-9H2,1-3H3. The highest BCUT2D eigenvalue weighted by molar-refractivity contribution is 5.79. The van der Waals surface area contributed by atoms with Gasteiger partial charge in [0.15, 0.2) is 5.60 Å². The summed E-state index contributed by atoms with van der Waals surface area (Å²) >= 11 is 0. The second-order valence-corrected chi connectivity index (χ2v) is 11.1. The summed E-state index contributed by atoms with van der Waals surface area (Å²) in [5, 5.41) is 10.3. The first-order valence-electron chi connectivity index (χ1n) is 11.5. The molecule has 0 spiro atoms. The van der Waals surface area contributed by atoms with Crippen LogP contribution in [0.2, 0.25) is 0 Å². The summed E-state index contributed by atoms with van der Waals surface area (Å²) in [5.41, 5.74) is -4.88. The molecule has 4 saturated carbocycles.